The Morgan fingerprint density at radius 3 is 2.57 bits per heavy atom. The molecule has 0 aromatic heterocycles. The van der Waals surface area contributed by atoms with Crippen molar-refractivity contribution in [1.82, 2.24) is 5.43 Å². The number of para-hydroxylation sites is 1. The molecule has 8 heteroatoms. The second-order valence-corrected chi connectivity index (χ2v) is 7.32. The molecule has 0 atom stereocenters. The van der Waals surface area contributed by atoms with Gasteiger partial charge in [-0.05, 0) is 66.3 Å². The van der Waals surface area contributed by atoms with Crippen LogP contribution in [-0.4, -0.2) is 24.4 Å². The Labute approximate surface area is 188 Å². The summed E-state index contributed by atoms with van der Waals surface area (Å²) in [4.78, 5) is 12.4. The zero-order chi connectivity index (χ0) is 21.3. The van der Waals surface area contributed by atoms with Crippen molar-refractivity contribution in [3.05, 3.63) is 88.4 Å². The lowest BCUT2D eigenvalue weighted by molar-refractivity contribution is 0.0729. The van der Waals surface area contributed by atoms with Crippen LogP contribution in [0.3, 0.4) is 0 Å². The molecule has 0 aliphatic carbocycles. The molecular formula is C22H18BrN3O3S. The summed E-state index contributed by atoms with van der Waals surface area (Å²) in [6.07, 6.45) is 1.58. The third-order valence-corrected chi connectivity index (χ3v) is 4.55. The highest BCUT2D eigenvalue weighted by atomic mass is 79.9. The van der Waals surface area contributed by atoms with Gasteiger partial charge >= 0.3 is 5.97 Å². The first-order valence-corrected chi connectivity index (χ1v) is 10.1. The zero-order valence-corrected chi connectivity index (χ0v) is 18.4. The molecule has 30 heavy (non-hydrogen) atoms. The number of carbonyl (C=O) groups is 1. The third-order valence-electron chi connectivity index (χ3n) is 3.86. The summed E-state index contributed by atoms with van der Waals surface area (Å²) >= 11 is 8.54. The Morgan fingerprint density at radius 2 is 1.83 bits per heavy atom. The average molecular weight is 484 g/mol. The summed E-state index contributed by atoms with van der Waals surface area (Å²) in [5.41, 5.74) is 4.79. The number of hydrogen-bond acceptors (Lipinski definition) is 5. The molecule has 0 saturated heterocycles. The van der Waals surface area contributed by atoms with Gasteiger partial charge in [-0.25, -0.2) is 4.79 Å². The number of methoxy groups -OCH3 is 1. The normalized spacial score (nSPS) is 10.5. The van der Waals surface area contributed by atoms with Gasteiger partial charge in [-0.2, -0.15) is 5.10 Å². The molecule has 3 aromatic carbocycles. The Hall–Kier alpha value is -3.23. The van der Waals surface area contributed by atoms with E-state index in [-0.39, 0.29) is 0 Å². The highest BCUT2D eigenvalue weighted by molar-refractivity contribution is 9.10. The van der Waals surface area contributed by atoms with Gasteiger partial charge < -0.3 is 14.8 Å². The van der Waals surface area contributed by atoms with Crippen molar-refractivity contribution in [1.29, 1.82) is 0 Å². The van der Waals surface area contributed by atoms with Gasteiger partial charge in [-0.1, -0.05) is 40.2 Å². The van der Waals surface area contributed by atoms with E-state index in [0.717, 1.165) is 15.7 Å². The fourth-order valence-corrected chi connectivity index (χ4v) is 3.04. The number of hydrazone groups is 1. The minimum Gasteiger partial charge on any atom is -0.493 e. The topological polar surface area (TPSA) is 71.9 Å². The molecule has 0 saturated carbocycles. The molecule has 0 amide bonds. The first-order valence-electron chi connectivity index (χ1n) is 8.86. The van der Waals surface area contributed by atoms with E-state index in [1.54, 1.807) is 42.6 Å². The highest BCUT2D eigenvalue weighted by Gasteiger charge is 2.13. The van der Waals surface area contributed by atoms with Crippen LogP contribution in [0.2, 0.25) is 0 Å². The predicted octanol–water partition coefficient (Wildman–Crippen LogP) is 5.00. The molecule has 0 heterocycles. The van der Waals surface area contributed by atoms with Crippen molar-refractivity contribution in [2.45, 2.75) is 0 Å². The van der Waals surface area contributed by atoms with Gasteiger partial charge in [0, 0.05) is 10.2 Å². The number of thiocarbonyl (C=S) groups is 1. The molecule has 2 N–H and O–H groups in total. The van der Waals surface area contributed by atoms with Crippen molar-refractivity contribution >= 4 is 51.1 Å². The second-order valence-electron chi connectivity index (χ2n) is 6.00. The molecule has 6 nitrogen and oxygen atoms in total. The number of nitrogens with zero attached hydrogens (tertiary/aromatic N) is 1. The van der Waals surface area contributed by atoms with Crippen molar-refractivity contribution in [3.63, 3.8) is 0 Å². The summed E-state index contributed by atoms with van der Waals surface area (Å²) in [5.74, 6) is 0.246. The van der Waals surface area contributed by atoms with Crippen LogP contribution in [-0.2, 0) is 0 Å². The van der Waals surface area contributed by atoms with E-state index in [1.165, 1.54) is 7.11 Å². The Balaban J connectivity index is 1.62. The number of ether oxygens (including phenoxy) is 2. The summed E-state index contributed by atoms with van der Waals surface area (Å²) in [7, 11) is 1.50. The standard InChI is InChI=1S/C22H18BrN3O3S/c1-28-20-12-15(14-24-26-22(30)25-18-8-3-2-4-9-18)10-11-19(20)29-21(27)16-6-5-7-17(23)13-16/h2-14H,1H3,(H2,25,26,30). The number of benzene rings is 3. The van der Waals surface area contributed by atoms with Crippen LogP contribution in [0, 0.1) is 0 Å². The van der Waals surface area contributed by atoms with Gasteiger partial charge in [0.05, 0.1) is 18.9 Å². The zero-order valence-electron chi connectivity index (χ0n) is 16.0. The molecule has 3 rings (SSSR count). The van der Waals surface area contributed by atoms with Crippen molar-refractivity contribution in [3.8, 4) is 11.5 Å². The first kappa shape index (κ1) is 21.5. The lowest BCUT2D eigenvalue weighted by Crippen LogP contribution is -2.23. The van der Waals surface area contributed by atoms with Crippen LogP contribution in [0.25, 0.3) is 0 Å². The number of rotatable bonds is 6. The van der Waals surface area contributed by atoms with Crippen LogP contribution in [0.5, 0.6) is 11.5 Å². The van der Waals surface area contributed by atoms with Crippen LogP contribution >= 0.6 is 28.1 Å². The van der Waals surface area contributed by atoms with Crippen LogP contribution in [0.1, 0.15) is 15.9 Å². The van der Waals surface area contributed by atoms with Crippen molar-refractivity contribution in [2.24, 2.45) is 5.10 Å². The minimum absolute atomic E-state index is 0.314. The van der Waals surface area contributed by atoms with Crippen LogP contribution in [0.15, 0.2) is 82.4 Å². The van der Waals surface area contributed by atoms with E-state index in [2.05, 4.69) is 31.8 Å². The van der Waals surface area contributed by atoms with Gasteiger partial charge in [0.2, 0.25) is 0 Å². The Morgan fingerprint density at radius 1 is 1.03 bits per heavy atom. The van der Waals surface area contributed by atoms with Crippen LogP contribution in [0.4, 0.5) is 5.69 Å². The number of carbonyl (C=O) groups excluding carboxylic acids is 1. The molecular weight excluding hydrogens is 466 g/mol. The van der Waals surface area contributed by atoms with E-state index in [9.17, 15) is 4.79 Å². The average Bonchev–Trinajstić information content (AvgIpc) is 2.75. The van der Waals surface area contributed by atoms with Gasteiger partial charge in [-0.15, -0.1) is 0 Å². The Bertz CT molecular complexity index is 1070. The molecule has 0 bridgehead atoms. The SMILES string of the molecule is COc1cc(C=NNC(=S)Nc2ccccc2)ccc1OC(=O)c1cccc(Br)c1. The van der Waals surface area contributed by atoms with E-state index in [4.69, 9.17) is 21.7 Å². The molecule has 0 radical (unpaired) electrons. The summed E-state index contributed by atoms with van der Waals surface area (Å²) in [6, 6.07) is 21.6. The van der Waals surface area contributed by atoms with Gasteiger partial charge in [0.15, 0.2) is 16.6 Å². The molecule has 0 fully saturated rings. The van der Waals surface area contributed by atoms with E-state index < -0.39 is 5.97 Å². The molecule has 3 aromatic rings. The van der Waals surface area contributed by atoms with E-state index >= 15 is 0 Å². The van der Waals surface area contributed by atoms with Gasteiger partial charge in [-0.3, -0.25) is 5.43 Å². The fourth-order valence-electron chi connectivity index (χ4n) is 2.47. The first-order chi connectivity index (χ1) is 14.5. The lowest BCUT2D eigenvalue weighted by Gasteiger charge is -2.10. The fraction of sp³-hybridized carbons (Fsp3) is 0.0455. The van der Waals surface area contributed by atoms with E-state index in [0.29, 0.717) is 22.2 Å². The van der Waals surface area contributed by atoms with Crippen molar-refractivity contribution < 1.29 is 14.3 Å². The smallest absolute Gasteiger partial charge is 0.343 e. The number of halogens is 1. The maximum Gasteiger partial charge on any atom is 0.343 e. The number of anilines is 1. The van der Waals surface area contributed by atoms with E-state index in [1.807, 2.05) is 36.4 Å². The molecule has 0 aliphatic rings. The molecule has 0 spiro atoms. The largest absolute Gasteiger partial charge is 0.493 e. The lowest BCUT2D eigenvalue weighted by atomic mass is 10.2. The number of esters is 1. The third kappa shape index (κ3) is 6.13. The number of nitrogens with one attached hydrogen (secondary N) is 2. The summed E-state index contributed by atoms with van der Waals surface area (Å²) in [5, 5.41) is 7.50. The van der Waals surface area contributed by atoms with Crippen molar-refractivity contribution in [2.75, 3.05) is 12.4 Å². The molecule has 0 aliphatic heterocycles. The summed E-state index contributed by atoms with van der Waals surface area (Å²) < 4.78 is 11.6. The maximum atomic E-state index is 12.4. The second kappa shape index (κ2) is 10.5. The minimum atomic E-state index is -0.477. The van der Waals surface area contributed by atoms with Gasteiger partial charge in [0.25, 0.3) is 0 Å². The highest BCUT2D eigenvalue weighted by Crippen LogP contribution is 2.28. The number of hydrogen-bond donors (Lipinski definition) is 2. The monoisotopic (exact) mass is 483 g/mol. The summed E-state index contributed by atoms with van der Waals surface area (Å²) in [6.45, 7) is 0. The predicted molar refractivity (Wildman–Crippen MR) is 125 cm³/mol. The molecule has 152 valence electrons. The quantitative estimate of drug-likeness (QED) is 0.169. The van der Waals surface area contributed by atoms with Crippen LogP contribution < -0.4 is 20.2 Å². The maximum absolute atomic E-state index is 12.4. The molecule has 0 unspecified atom stereocenters. The van der Waals surface area contributed by atoms with Gasteiger partial charge in [0.1, 0.15) is 0 Å². The Kier molecular flexibility index (Phi) is 7.53.